The van der Waals surface area contributed by atoms with E-state index in [2.05, 4.69) is 48.6 Å². The summed E-state index contributed by atoms with van der Waals surface area (Å²) in [5.41, 5.74) is 4.11. The van der Waals surface area contributed by atoms with E-state index in [4.69, 9.17) is 11.6 Å². The number of nitrogens with one attached hydrogen (secondary N) is 1. The van der Waals surface area contributed by atoms with Gasteiger partial charge in [-0.25, -0.2) is 0 Å². The summed E-state index contributed by atoms with van der Waals surface area (Å²) in [4.78, 5) is 0. The van der Waals surface area contributed by atoms with Crippen molar-refractivity contribution >= 4 is 11.6 Å². The van der Waals surface area contributed by atoms with Crippen LogP contribution in [0.5, 0.6) is 0 Å². The van der Waals surface area contributed by atoms with Crippen molar-refractivity contribution in [2.24, 2.45) is 0 Å². The first kappa shape index (κ1) is 11.8. The topological polar surface area (TPSA) is 12.0 Å². The molecule has 0 fully saturated rings. The molecule has 0 saturated heterocycles. The summed E-state index contributed by atoms with van der Waals surface area (Å²) in [7, 11) is 0. The lowest BCUT2D eigenvalue weighted by molar-refractivity contribution is 0.464. The zero-order chi connectivity index (χ0) is 12.5. The number of halogens is 1. The fourth-order valence-electron chi connectivity index (χ4n) is 2.70. The van der Waals surface area contributed by atoms with E-state index in [1.165, 1.54) is 16.7 Å². The molecule has 0 amide bonds. The van der Waals surface area contributed by atoms with Gasteiger partial charge in [0.25, 0.3) is 0 Å². The highest BCUT2D eigenvalue weighted by Crippen LogP contribution is 2.30. The van der Waals surface area contributed by atoms with Crippen LogP contribution in [0.15, 0.2) is 48.5 Å². The van der Waals surface area contributed by atoms with Crippen molar-refractivity contribution < 1.29 is 0 Å². The highest BCUT2D eigenvalue weighted by Gasteiger charge is 2.24. The van der Waals surface area contributed by atoms with E-state index < -0.39 is 0 Å². The Hall–Kier alpha value is -1.31. The number of hydrogen-bond acceptors (Lipinski definition) is 1. The van der Waals surface area contributed by atoms with Gasteiger partial charge in [-0.1, -0.05) is 48.0 Å². The fraction of sp³-hybridized carbons (Fsp3) is 0.250. The molecule has 0 spiro atoms. The van der Waals surface area contributed by atoms with Crippen LogP contribution >= 0.6 is 11.6 Å². The summed E-state index contributed by atoms with van der Waals surface area (Å²) in [6.45, 7) is 2.23. The summed E-state index contributed by atoms with van der Waals surface area (Å²) in [6.07, 6.45) is 1.10. The first-order valence-electron chi connectivity index (χ1n) is 6.33. The van der Waals surface area contributed by atoms with E-state index in [-0.39, 0.29) is 6.04 Å². The van der Waals surface area contributed by atoms with Gasteiger partial charge in [0, 0.05) is 11.1 Å². The molecule has 2 atom stereocenters. The largest absolute Gasteiger partial charge is 0.303 e. The Balaban J connectivity index is 2.04. The Morgan fingerprint density at radius 1 is 1.06 bits per heavy atom. The molecule has 92 valence electrons. The van der Waals surface area contributed by atoms with E-state index >= 15 is 0 Å². The zero-order valence-electron chi connectivity index (χ0n) is 10.4. The van der Waals surface area contributed by atoms with Crippen molar-refractivity contribution in [3.8, 4) is 0 Å². The second-order valence-electron chi connectivity index (χ2n) is 4.96. The second-order valence-corrected chi connectivity index (χ2v) is 5.39. The fourth-order valence-corrected chi connectivity index (χ4v) is 2.82. The maximum Gasteiger partial charge on any atom is 0.0581 e. The third kappa shape index (κ3) is 2.16. The molecule has 3 rings (SSSR count). The molecular weight excluding hydrogens is 242 g/mol. The van der Waals surface area contributed by atoms with Gasteiger partial charge in [-0.3, -0.25) is 0 Å². The SMILES string of the molecule is CC1Cc2ccccc2C(c2ccc(Cl)cc2)N1. The molecule has 2 aromatic carbocycles. The van der Waals surface area contributed by atoms with Crippen LogP contribution < -0.4 is 5.32 Å². The molecule has 1 heterocycles. The summed E-state index contributed by atoms with van der Waals surface area (Å²) in [5, 5.41) is 4.45. The Bertz CT molecular complexity index is 547. The predicted molar refractivity (Wildman–Crippen MR) is 76.0 cm³/mol. The van der Waals surface area contributed by atoms with Crippen LogP contribution in [-0.2, 0) is 6.42 Å². The van der Waals surface area contributed by atoms with Crippen molar-refractivity contribution in [3.05, 3.63) is 70.2 Å². The molecule has 1 nitrogen and oxygen atoms in total. The predicted octanol–water partition coefficient (Wildman–Crippen LogP) is 3.96. The molecule has 2 aromatic rings. The third-order valence-corrected chi connectivity index (χ3v) is 3.80. The number of fused-ring (bicyclic) bond motifs is 1. The lowest BCUT2D eigenvalue weighted by Gasteiger charge is -2.31. The van der Waals surface area contributed by atoms with Crippen molar-refractivity contribution in [3.63, 3.8) is 0 Å². The van der Waals surface area contributed by atoms with Crippen LogP contribution in [-0.4, -0.2) is 6.04 Å². The molecule has 0 aromatic heterocycles. The molecular formula is C16H16ClN. The van der Waals surface area contributed by atoms with Gasteiger partial charge in [0.05, 0.1) is 6.04 Å². The molecule has 2 heteroatoms. The standard InChI is InChI=1S/C16H16ClN/c1-11-10-13-4-2-3-5-15(13)16(18-11)12-6-8-14(17)9-7-12/h2-9,11,16,18H,10H2,1H3. The van der Waals surface area contributed by atoms with E-state index in [1.807, 2.05) is 12.1 Å². The van der Waals surface area contributed by atoms with Crippen LogP contribution in [0.2, 0.25) is 5.02 Å². The van der Waals surface area contributed by atoms with Crippen molar-refractivity contribution in [2.45, 2.75) is 25.4 Å². The van der Waals surface area contributed by atoms with Crippen LogP contribution in [0.4, 0.5) is 0 Å². The van der Waals surface area contributed by atoms with Crippen LogP contribution in [0.1, 0.15) is 29.7 Å². The van der Waals surface area contributed by atoms with Gasteiger partial charge in [-0.2, -0.15) is 0 Å². The summed E-state index contributed by atoms with van der Waals surface area (Å²) in [5.74, 6) is 0. The molecule has 2 unspecified atom stereocenters. The molecule has 0 aliphatic carbocycles. The molecule has 1 N–H and O–H groups in total. The summed E-state index contributed by atoms with van der Waals surface area (Å²) in [6, 6.07) is 17.6. The Morgan fingerprint density at radius 2 is 1.78 bits per heavy atom. The lowest BCUT2D eigenvalue weighted by Crippen LogP contribution is -2.37. The monoisotopic (exact) mass is 257 g/mol. The van der Waals surface area contributed by atoms with Gasteiger partial charge < -0.3 is 5.32 Å². The zero-order valence-corrected chi connectivity index (χ0v) is 11.1. The number of rotatable bonds is 1. The van der Waals surface area contributed by atoms with Crippen molar-refractivity contribution in [1.29, 1.82) is 0 Å². The second kappa shape index (κ2) is 4.75. The maximum absolute atomic E-state index is 5.96. The van der Waals surface area contributed by atoms with Gasteiger partial charge in [0.1, 0.15) is 0 Å². The normalized spacial score (nSPS) is 22.6. The van der Waals surface area contributed by atoms with Crippen molar-refractivity contribution in [1.82, 2.24) is 5.32 Å². The minimum atomic E-state index is 0.280. The van der Waals surface area contributed by atoms with Gasteiger partial charge in [-0.15, -0.1) is 0 Å². The summed E-state index contributed by atoms with van der Waals surface area (Å²) >= 11 is 5.96. The van der Waals surface area contributed by atoms with Gasteiger partial charge in [0.2, 0.25) is 0 Å². The molecule has 0 saturated carbocycles. The first-order chi connectivity index (χ1) is 8.74. The van der Waals surface area contributed by atoms with Gasteiger partial charge >= 0.3 is 0 Å². The van der Waals surface area contributed by atoms with Gasteiger partial charge in [-0.05, 0) is 42.2 Å². The molecule has 1 aliphatic heterocycles. The van der Waals surface area contributed by atoms with Crippen LogP contribution in [0, 0.1) is 0 Å². The lowest BCUT2D eigenvalue weighted by atomic mass is 9.87. The molecule has 18 heavy (non-hydrogen) atoms. The molecule has 0 radical (unpaired) electrons. The molecule has 1 aliphatic rings. The Morgan fingerprint density at radius 3 is 2.56 bits per heavy atom. The number of hydrogen-bond donors (Lipinski definition) is 1. The first-order valence-corrected chi connectivity index (χ1v) is 6.71. The minimum absolute atomic E-state index is 0.280. The number of benzene rings is 2. The average molecular weight is 258 g/mol. The minimum Gasteiger partial charge on any atom is -0.303 e. The molecule has 0 bridgehead atoms. The smallest absolute Gasteiger partial charge is 0.0581 e. The van der Waals surface area contributed by atoms with E-state index in [0.29, 0.717) is 6.04 Å². The Labute approximate surface area is 113 Å². The quantitative estimate of drug-likeness (QED) is 0.815. The van der Waals surface area contributed by atoms with Crippen molar-refractivity contribution in [2.75, 3.05) is 0 Å². The Kier molecular flexibility index (Phi) is 3.11. The maximum atomic E-state index is 5.96. The van der Waals surface area contributed by atoms with E-state index in [0.717, 1.165) is 11.4 Å². The summed E-state index contributed by atoms with van der Waals surface area (Å²) < 4.78 is 0. The van der Waals surface area contributed by atoms with Gasteiger partial charge in [0.15, 0.2) is 0 Å². The average Bonchev–Trinajstić information content (AvgIpc) is 2.38. The third-order valence-electron chi connectivity index (χ3n) is 3.55. The highest BCUT2D eigenvalue weighted by atomic mass is 35.5. The van der Waals surface area contributed by atoms with E-state index in [1.54, 1.807) is 0 Å². The van der Waals surface area contributed by atoms with Crippen LogP contribution in [0.3, 0.4) is 0 Å². The van der Waals surface area contributed by atoms with E-state index in [9.17, 15) is 0 Å². The van der Waals surface area contributed by atoms with Crippen LogP contribution in [0.25, 0.3) is 0 Å². The highest BCUT2D eigenvalue weighted by molar-refractivity contribution is 6.30.